The minimum absolute atomic E-state index is 0. The van der Waals surface area contributed by atoms with Crippen LogP contribution in [0.15, 0.2) is 30.5 Å². The Labute approximate surface area is 193 Å². The summed E-state index contributed by atoms with van der Waals surface area (Å²) in [5, 5.41) is 3.31. The topological polar surface area (TPSA) is 70.6 Å². The summed E-state index contributed by atoms with van der Waals surface area (Å²) in [7, 11) is 1.83. The van der Waals surface area contributed by atoms with Gasteiger partial charge >= 0.3 is 6.18 Å². The van der Waals surface area contributed by atoms with Gasteiger partial charge in [0.05, 0.1) is 24.9 Å². The van der Waals surface area contributed by atoms with Crippen molar-refractivity contribution in [2.45, 2.75) is 46.8 Å². The van der Waals surface area contributed by atoms with E-state index in [0.29, 0.717) is 36.5 Å². The maximum atomic E-state index is 12.6. The van der Waals surface area contributed by atoms with Crippen LogP contribution in [0.4, 0.5) is 30.6 Å². The van der Waals surface area contributed by atoms with Crippen molar-refractivity contribution in [3.8, 4) is 5.75 Å². The molecule has 2 heterocycles. The summed E-state index contributed by atoms with van der Waals surface area (Å²) in [6.07, 6.45) is -0.956. The van der Waals surface area contributed by atoms with E-state index in [-0.39, 0.29) is 33.3 Å². The molecule has 4 rings (SSSR count). The number of ether oxygens (including phenoxy) is 1. The molecular formula is C23H32F3N5O2. The summed E-state index contributed by atoms with van der Waals surface area (Å²) in [6.45, 7) is 3.22. The zero-order chi connectivity index (χ0) is 22.2. The third-order valence-corrected chi connectivity index (χ3v) is 5.63. The zero-order valence-corrected chi connectivity index (χ0v) is 17.3. The normalized spacial score (nSPS) is 19.6. The molecule has 10 heteroatoms. The number of fused-ring (bicyclic) bond motifs is 1. The number of carbonyl (C=O) groups excluding carboxylic acids is 1. The fourth-order valence-electron chi connectivity index (χ4n) is 3.88. The number of hydrogen-bond acceptors (Lipinski definition) is 6. The Kier molecular flexibility index (Phi) is 8.16. The first-order valence-corrected chi connectivity index (χ1v) is 10.2. The maximum Gasteiger partial charge on any atom is 0.416 e. The molecule has 33 heavy (non-hydrogen) atoms. The SMILES string of the molecule is C.C.CCN1C(=O)CN(C)c2nc(NC3CC(COc4ccc(C(F)(F)F)cc4)C3)ncc21. The van der Waals surface area contributed by atoms with Crippen molar-refractivity contribution in [3.63, 3.8) is 0 Å². The van der Waals surface area contributed by atoms with E-state index >= 15 is 0 Å². The Balaban J connectivity index is 0.00000193. The van der Waals surface area contributed by atoms with Crippen LogP contribution < -0.4 is 19.9 Å². The van der Waals surface area contributed by atoms with Crippen molar-refractivity contribution in [3.05, 3.63) is 36.0 Å². The third-order valence-electron chi connectivity index (χ3n) is 5.63. The van der Waals surface area contributed by atoms with Gasteiger partial charge in [-0.05, 0) is 49.9 Å². The van der Waals surface area contributed by atoms with Gasteiger partial charge in [-0.15, -0.1) is 0 Å². The second kappa shape index (κ2) is 10.3. The van der Waals surface area contributed by atoms with Crippen LogP contribution in [-0.4, -0.2) is 48.7 Å². The molecule has 2 aliphatic rings. The lowest BCUT2D eigenvalue weighted by atomic mass is 9.81. The number of anilines is 3. The molecule has 1 N–H and O–H groups in total. The van der Waals surface area contributed by atoms with E-state index in [1.807, 2.05) is 18.9 Å². The number of alkyl halides is 3. The van der Waals surface area contributed by atoms with Gasteiger partial charge in [0.1, 0.15) is 11.4 Å². The number of amides is 1. The number of aromatic nitrogens is 2. The maximum absolute atomic E-state index is 12.6. The quantitative estimate of drug-likeness (QED) is 0.656. The van der Waals surface area contributed by atoms with Crippen LogP contribution >= 0.6 is 0 Å². The number of nitrogens with zero attached hydrogens (tertiary/aromatic N) is 4. The van der Waals surface area contributed by atoms with Crippen molar-refractivity contribution in [2.24, 2.45) is 5.92 Å². The van der Waals surface area contributed by atoms with Gasteiger partial charge in [0.2, 0.25) is 11.9 Å². The van der Waals surface area contributed by atoms with Crippen molar-refractivity contribution < 1.29 is 22.7 Å². The van der Waals surface area contributed by atoms with Crippen molar-refractivity contribution in [2.75, 3.05) is 41.9 Å². The van der Waals surface area contributed by atoms with Crippen LogP contribution in [0.1, 0.15) is 40.2 Å². The molecule has 0 unspecified atom stereocenters. The molecule has 0 atom stereocenters. The standard InChI is InChI=1S/C21H24F3N5O2.2CH4/c1-3-29-17-10-25-20(27-19(17)28(2)11-18(29)30)26-15-8-13(9-15)12-31-16-6-4-14(5-7-16)21(22,23)24;;/h4-7,10,13,15H,3,8-9,11-12H2,1-2H3,(H,25,26,27);2*1H4. The van der Waals surface area contributed by atoms with E-state index in [0.717, 1.165) is 30.8 Å². The predicted molar refractivity (Wildman–Crippen MR) is 124 cm³/mol. The van der Waals surface area contributed by atoms with E-state index in [9.17, 15) is 18.0 Å². The molecule has 182 valence electrons. The molecule has 1 aliphatic heterocycles. The molecule has 1 amide bonds. The summed E-state index contributed by atoms with van der Waals surface area (Å²) in [4.78, 5) is 24.6. The molecule has 0 bridgehead atoms. The minimum Gasteiger partial charge on any atom is -0.493 e. The lowest BCUT2D eigenvalue weighted by Crippen LogP contribution is -2.45. The van der Waals surface area contributed by atoms with Crippen molar-refractivity contribution >= 4 is 23.4 Å². The third kappa shape index (κ3) is 5.66. The fourth-order valence-corrected chi connectivity index (χ4v) is 3.88. The number of benzene rings is 1. The minimum atomic E-state index is -4.34. The highest BCUT2D eigenvalue weighted by molar-refractivity contribution is 6.02. The van der Waals surface area contributed by atoms with Gasteiger partial charge in [-0.1, -0.05) is 14.9 Å². The van der Waals surface area contributed by atoms with Gasteiger partial charge in [0, 0.05) is 19.6 Å². The van der Waals surface area contributed by atoms with Crippen LogP contribution in [0.5, 0.6) is 5.75 Å². The van der Waals surface area contributed by atoms with Crippen LogP contribution in [-0.2, 0) is 11.0 Å². The Morgan fingerprint density at radius 1 is 1.18 bits per heavy atom. The summed E-state index contributed by atoms with van der Waals surface area (Å²) < 4.78 is 43.5. The lowest BCUT2D eigenvalue weighted by molar-refractivity contribution is -0.137. The zero-order valence-electron chi connectivity index (χ0n) is 17.3. The molecule has 1 aromatic carbocycles. The number of hydrogen-bond donors (Lipinski definition) is 1. The summed E-state index contributed by atoms with van der Waals surface area (Å²) in [5.41, 5.74) is 0.0260. The van der Waals surface area contributed by atoms with Crippen LogP contribution in [0.3, 0.4) is 0 Å². The van der Waals surface area contributed by atoms with Gasteiger partial charge in [-0.3, -0.25) is 4.79 Å². The van der Waals surface area contributed by atoms with Crippen LogP contribution in [0, 0.1) is 5.92 Å². The molecule has 1 saturated carbocycles. The fraction of sp³-hybridized carbons (Fsp3) is 0.522. The Hall–Kier alpha value is -3.04. The molecule has 0 radical (unpaired) electrons. The molecule has 1 aliphatic carbocycles. The van der Waals surface area contributed by atoms with Gasteiger partial charge in [0.25, 0.3) is 0 Å². The van der Waals surface area contributed by atoms with Crippen molar-refractivity contribution in [1.29, 1.82) is 0 Å². The first kappa shape index (κ1) is 26.2. The first-order valence-electron chi connectivity index (χ1n) is 10.2. The molecule has 1 fully saturated rings. The van der Waals surface area contributed by atoms with Crippen LogP contribution in [0.2, 0.25) is 0 Å². The number of halogens is 3. The van der Waals surface area contributed by atoms with Gasteiger partial charge in [-0.2, -0.15) is 18.2 Å². The molecule has 1 aromatic heterocycles. The molecular weight excluding hydrogens is 435 g/mol. The van der Waals surface area contributed by atoms with E-state index in [1.165, 1.54) is 12.1 Å². The van der Waals surface area contributed by atoms with E-state index < -0.39 is 11.7 Å². The smallest absolute Gasteiger partial charge is 0.416 e. The summed E-state index contributed by atoms with van der Waals surface area (Å²) >= 11 is 0. The summed E-state index contributed by atoms with van der Waals surface area (Å²) in [5.74, 6) is 2.01. The predicted octanol–water partition coefficient (Wildman–Crippen LogP) is 4.84. The second-order valence-electron chi connectivity index (χ2n) is 7.91. The highest BCUT2D eigenvalue weighted by atomic mass is 19.4. The Bertz CT molecular complexity index is 946. The number of nitrogens with one attached hydrogen (secondary N) is 1. The van der Waals surface area contributed by atoms with Crippen LogP contribution in [0.25, 0.3) is 0 Å². The average Bonchev–Trinajstić information content (AvgIpc) is 2.70. The van der Waals surface area contributed by atoms with Gasteiger partial charge in [-0.25, -0.2) is 4.98 Å². The average molecular weight is 468 g/mol. The second-order valence-corrected chi connectivity index (χ2v) is 7.91. The van der Waals surface area contributed by atoms with E-state index in [2.05, 4.69) is 15.3 Å². The van der Waals surface area contributed by atoms with E-state index in [4.69, 9.17) is 4.74 Å². The number of likely N-dealkylation sites (N-methyl/N-ethyl adjacent to an activating group) is 2. The lowest BCUT2D eigenvalue weighted by Gasteiger charge is -2.36. The van der Waals surface area contributed by atoms with E-state index in [1.54, 1.807) is 11.1 Å². The highest BCUT2D eigenvalue weighted by Gasteiger charge is 2.33. The highest BCUT2D eigenvalue weighted by Crippen LogP contribution is 2.34. The molecule has 2 aromatic rings. The summed E-state index contributed by atoms with van der Waals surface area (Å²) in [6, 6.07) is 4.95. The molecule has 7 nitrogen and oxygen atoms in total. The first-order chi connectivity index (χ1) is 14.7. The van der Waals surface area contributed by atoms with Gasteiger partial charge < -0.3 is 19.9 Å². The molecule has 0 saturated heterocycles. The monoisotopic (exact) mass is 467 g/mol. The largest absolute Gasteiger partial charge is 0.493 e. The van der Waals surface area contributed by atoms with Gasteiger partial charge in [0.15, 0.2) is 5.82 Å². The van der Waals surface area contributed by atoms with Crippen molar-refractivity contribution in [1.82, 2.24) is 9.97 Å². The number of rotatable bonds is 6. The Morgan fingerprint density at radius 3 is 2.45 bits per heavy atom. The number of carbonyl (C=O) groups is 1. The molecule has 0 spiro atoms. The Morgan fingerprint density at radius 2 is 1.85 bits per heavy atom.